The van der Waals surface area contributed by atoms with Gasteiger partial charge in [0.1, 0.15) is 5.82 Å². The number of para-hydroxylation sites is 1. The van der Waals surface area contributed by atoms with Crippen LogP contribution in [0.15, 0.2) is 76.5 Å². The molecule has 0 aliphatic rings. The smallest absolute Gasteiger partial charge is 0.205 e. The van der Waals surface area contributed by atoms with Gasteiger partial charge in [-0.1, -0.05) is 35.5 Å². The number of halogens is 2. The van der Waals surface area contributed by atoms with Crippen LogP contribution in [0.25, 0.3) is 17.3 Å². The first-order valence-electron chi connectivity index (χ1n) is 8.29. The minimum Gasteiger partial charge on any atom is -0.461 e. The van der Waals surface area contributed by atoms with Crippen LogP contribution in [0.5, 0.6) is 0 Å². The lowest BCUT2D eigenvalue weighted by atomic mass is 10.1. The zero-order chi connectivity index (χ0) is 19.5. The highest BCUT2D eigenvalue weighted by molar-refractivity contribution is 7.99. The van der Waals surface area contributed by atoms with Crippen LogP contribution in [0, 0.1) is 5.82 Å². The van der Waals surface area contributed by atoms with E-state index in [2.05, 4.69) is 10.2 Å². The van der Waals surface area contributed by atoms with Gasteiger partial charge >= 0.3 is 0 Å². The highest BCUT2D eigenvalue weighted by Crippen LogP contribution is 2.31. The Labute approximate surface area is 169 Å². The summed E-state index contributed by atoms with van der Waals surface area (Å²) in [5.41, 5.74) is 1.11. The van der Waals surface area contributed by atoms with E-state index in [0.29, 0.717) is 33.0 Å². The molecule has 8 heteroatoms. The molecule has 0 saturated carbocycles. The van der Waals surface area contributed by atoms with Gasteiger partial charge in [0.25, 0.3) is 0 Å². The lowest BCUT2D eigenvalue weighted by molar-refractivity contribution is 0.102. The maximum Gasteiger partial charge on any atom is 0.205 e. The van der Waals surface area contributed by atoms with Crippen LogP contribution in [0.4, 0.5) is 4.39 Å². The fraction of sp³-hybridized carbons (Fsp3) is 0.0500. The van der Waals surface area contributed by atoms with E-state index >= 15 is 0 Å². The molecule has 28 heavy (non-hydrogen) atoms. The van der Waals surface area contributed by atoms with Crippen LogP contribution in [-0.2, 0) is 0 Å². The number of carbonyl (C=O) groups is 1. The van der Waals surface area contributed by atoms with Crippen LogP contribution in [0.2, 0.25) is 5.02 Å². The number of Topliss-reactive ketones (excluding diaryl/α,β-unsaturated/α-hetero) is 1. The summed E-state index contributed by atoms with van der Waals surface area (Å²) in [6.07, 6.45) is 1.55. The van der Waals surface area contributed by atoms with E-state index in [9.17, 15) is 9.18 Å². The number of furan rings is 1. The zero-order valence-corrected chi connectivity index (χ0v) is 16.0. The Hall–Kier alpha value is -2.90. The van der Waals surface area contributed by atoms with Crippen molar-refractivity contribution in [2.75, 3.05) is 5.75 Å². The summed E-state index contributed by atoms with van der Waals surface area (Å²) in [7, 11) is 0. The minimum atomic E-state index is -0.384. The van der Waals surface area contributed by atoms with Crippen LogP contribution in [-0.4, -0.2) is 26.3 Å². The van der Waals surface area contributed by atoms with Gasteiger partial charge in [-0.05, 0) is 48.5 Å². The second kappa shape index (κ2) is 8.00. The van der Waals surface area contributed by atoms with E-state index in [1.807, 2.05) is 18.2 Å². The summed E-state index contributed by atoms with van der Waals surface area (Å²) in [4.78, 5) is 12.4. The molecule has 0 amide bonds. The largest absolute Gasteiger partial charge is 0.461 e. The van der Waals surface area contributed by atoms with E-state index in [-0.39, 0.29) is 17.4 Å². The van der Waals surface area contributed by atoms with Crippen molar-refractivity contribution in [1.82, 2.24) is 14.8 Å². The molecule has 2 heterocycles. The number of hydrogen-bond donors (Lipinski definition) is 0. The summed E-state index contributed by atoms with van der Waals surface area (Å²) >= 11 is 7.60. The second-order valence-corrected chi connectivity index (χ2v) is 7.14. The van der Waals surface area contributed by atoms with Crippen molar-refractivity contribution in [3.8, 4) is 17.3 Å². The van der Waals surface area contributed by atoms with Gasteiger partial charge in [0.2, 0.25) is 5.82 Å². The van der Waals surface area contributed by atoms with Crippen molar-refractivity contribution in [2.24, 2.45) is 0 Å². The fourth-order valence-corrected chi connectivity index (χ4v) is 3.69. The molecule has 2 aromatic heterocycles. The molecular weight excluding hydrogens is 401 g/mol. The van der Waals surface area contributed by atoms with E-state index < -0.39 is 0 Å². The van der Waals surface area contributed by atoms with Crippen molar-refractivity contribution in [2.45, 2.75) is 5.16 Å². The Morgan fingerprint density at radius 1 is 1.07 bits per heavy atom. The number of benzene rings is 2. The number of nitrogens with zero attached hydrogens (tertiary/aromatic N) is 3. The average Bonchev–Trinajstić information content (AvgIpc) is 3.37. The zero-order valence-electron chi connectivity index (χ0n) is 14.4. The second-order valence-electron chi connectivity index (χ2n) is 5.79. The third-order valence-electron chi connectivity index (χ3n) is 3.97. The molecule has 0 N–H and O–H groups in total. The number of rotatable bonds is 6. The molecule has 0 bridgehead atoms. The summed E-state index contributed by atoms with van der Waals surface area (Å²) in [5.74, 6) is 0.606. The molecule has 0 unspecified atom stereocenters. The number of thioether (sulfide) groups is 1. The summed E-state index contributed by atoms with van der Waals surface area (Å²) < 4.78 is 20.3. The third-order valence-corrected chi connectivity index (χ3v) is 5.22. The Balaban J connectivity index is 1.67. The molecule has 0 aliphatic heterocycles. The lowest BCUT2D eigenvalue weighted by Gasteiger charge is -2.10. The van der Waals surface area contributed by atoms with Crippen LogP contribution >= 0.6 is 23.4 Å². The van der Waals surface area contributed by atoms with E-state index in [0.717, 1.165) is 0 Å². The van der Waals surface area contributed by atoms with E-state index in [1.54, 1.807) is 29.0 Å². The van der Waals surface area contributed by atoms with Crippen molar-refractivity contribution >= 4 is 29.1 Å². The Morgan fingerprint density at radius 2 is 1.86 bits per heavy atom. The Kier molecular flexibility index (Phi) is 5.27. The van der Waals surface area contributed by atoms with Crippen LogP contribution in [0.1, 0.15) is 10.4 Å². The van der Waals surface area contributed by atoms with E-state index in [4.69, 9.17) is 16.0 Å². The first-order chi connectivity index (χ1) is 13.6. The number of aromatic nitrogens is 3. The molecule has 2 aromatic carbocycles. The molecule has 0 atom stereocenters. The van der Waals surface area contributed by atoms with Crippen LogP contribution < -0.4 is 0 Å². The van der Waals surface area contributed by atoms with Gasteiger partial charge in [-0.15, -0.1) is 10.2 Å². The SMILES string of the molecule is O=C(CSc1nnc(-c2ccco2)n1-c1ccccc1Cl)c1ccc(F)cc1. The van der Waals surface area contributed by atoms with Crippen molar-refractivity contribution in [1.29, 1.82) is 0 Å². The molecule has 0 saturated heterocycles. The predicted molar refractivity (Wildman–Crippen MR) is 106 cm³/mol. The van der Waals surface area contributed by atoms with Crippen molar-refractivity contribution in [3.63, 3.8) is 0 Å². The van der Waals surface area contributed by atoms with Gasteiger partial charge in [-0.3, -0.25) is 9.36 Å². The van der Waals surface area contributed by atoms with Gasteiger partial charge in [-0.25, -0.2) is 4.39 Å². The first kappa shape index (κ1) is 18.5. The summed E-state index contributed by atoms with van der Waals surface area (Å²) in [6.45, 7) is 0. The number of hydrogen-bond acceptors (Lipinski definition) is 5. The lowest BCUT2D eigenvalue weighted by Crippen LogP contribution is -2.05. The average molecular weight is 414 g/mol. The quantitative estimate of drug-likeness (QED) is 0.317. The molecule has 4 rings (SSSR count). The highest BCUT2D eigenvalue weighted by Gasteiger charge is 2.20. The fourth-order valence-electron chi connectivity index (χ4n) is 2.63. The Bertz CT molecular complexity index is 1110. The molecule has 0 spiro atoms. The topological polar surface area (TPSA) is 60.9 Å². The van der Waals surface area contributed by atoms with Gasteiger partial charge < -0.3 is 4.42 Å². The van der Waals surface area contributed by atoms with Gasteiger partial charge in [0, 0.05) is 5.56 Å². The number of carbonyl (C=O) groups excluding carboxylic acids is 1. The minimum absolute atomic E-state index is 0.117. The van der Waals surface area contributed by atoms with E-state index in [1.165, 1.54) is 36.0 Å². The maximum absolute atomic E-state index is 13.1. The normalized spacial score (nSPS) is 10.9. The first-order valence-corrected chi connectivity index (χ1v) is 9.65. The maximum atomic E-state index is 13.1. The van der Waals surface area contributed by atoms with Gasteiger partial charge in [-0.2, -0.15) is 0 Å². The third kappa shape index (κ3) is 3.72. The molecular formula is C20H13ClFN3O2S. The van der Waals surface area contributed by atoms with Gasteiger partial charge in [0.05, 0.1) is 22.7 Å². The van der Waals surface area contributed by atoms with Gasteiger partial charge in [0.15, 0.2) is 16.7 Å². The van der Waals surface area contributed by atoms with Crippen molar-refractivity contribution in [3.05, 3.63) is 83.3 Å². The van der Waals surface area contributed by atoms with Crippen molar-refractivity contribution < 1.29 is 13.6 Å². The molecule has 140 valence electrons. The summed E-state index contributed by atoms with van der Waals surface area (Å²) in [6, 6.07) is 16.3. The predicted octanol–water partition coefficient (Wildman–Crippen LogP) is 5.29. The number of ketones is 1. The summed E-state index contributed by atoms with van der Waals surface area (Å²) in [5, 5.41) is 9.44. The van der Waals surface area contributed by atoms with Crippen LogP contribution in [0.3, 0.4) is 0 Å². The standard InChI is InChI=1S/C20H13ClFN3O2S/c21-15-4-1-2-5-16(15)25-19(18-6-3-11-27-18)23-24-20(25)28-12-17(26)13-7-9-14(22)10-8-13/h1-11H,12H2. The molecule has 5 nitrogen and oxygen atoms in total. The molecule has 0 fully saturated rings. The Morgan fingerprint density at radius 3 is 2.57 bits per heavy atom. The molecule has 0 aliphatic carbocycles. The molecule has 4 aromatic rings. The monoisotopic (exact) mass is 413 g/mol. The molecule has 0 radical (unpaired) electrons. The highest BCUT2D eigenvalue weighted by atomic mass is 35.5.